The van der Waals surface area contributed by atoms with Crippen LogP contribution < -0.4 is 5.73 Å². The minimum absolute atomic E-state index is 0.0916. The number of carbonyl (C=O) groups is 2. The average Bonchev–Trinajstić information content (AvgIpc) is 2.64. The van der Waals surface area contributed by atoms with Crippen LogP contribution in [0.5, 0.6) is 0 Å². The molecule has 0 unspecified atom stereocenters. The summed E-state index contributed by atoms with van der Waals surface area (Å²) in [5.74, 6) is -1.08. The standard InChI is InChI=1S/C12H18N2O4S/c1-6(15)9-7-5-8(19-4-2-3-13)10(12(17)18)14(7)11(9)16/h6-7,9,15H,2-5,13H2,1H3,(H,17,18)/t6-,7+,9+/m0/s1. The SMILES string of the molecule is C[C@H](O)[C@H]1C(=O)N2C(C(=O)O)=C(SCCCN)C[C@H]12. The fourth-order valence-electron chi connectivity index (χ4n) is 2.64. The second-order valence-corrected chi connectivity index (χ2v) is 6.00. The molecule has 7 heteroatoms. The number of β-lactam (4-membered cyclic amide) rings is 1. The summed E-state index contributed by atoms with van der Waals surface area (Å²) in [7, 11) is 0. The topological polar surface area (TPSA) is 104 Å². The van der Waals surface area contributed by atoms with Crippen LogP contribution in [0.2, 0.25) is 0 Å². The van der Waals surface area contributed by atoms with Crippen molar-refractivity contribution in [1.82, 2.24) is 4.90 Å². The normalized spacial score (nSPS) is 27.3. The van der Waals surface area contributed by atoms with E-state index in [0.717, 1.165) is 17.1 Å². The van der Waals surface area contributed by atoms with Crippen LogP contribution in [0.3, 0.4) is 0 Å². The number of rotatable bonds is 6. The van der Waals surface area contributed by atoms with Crippen molar-refractivity contribution in [1.29, 1.82) is 0 Å². The molecule has 0 aromatic carbocycles. The van der Waals surface area contributed by atoms with Gasteiger partial charge in [-0.05, 0) is 25.6 Å². The first-order valence-corrected chi connectivity index (χ1v) is 7.28. The van der Waals surface area contributed by atoms with E-state index in [4.69, 9.17) is 5.73 Å². The molecule has 1 saturated heterocycles. The number of hydrogen-bond acceptors (Lipinski definition) is 5. The number of carbonyl (C=O) groups excluding carboxylic acids is 1. The third-order valence-corrected chi connectivity index (χ3v) is 4.72. The zero-order valence-electron chi connectivity index (χ0n) is 10.7. The second kappa shape index (κ2) is 5.52. The van der Waals surface area contributed by atoms with Gasteiger partial charge in [-0.1, -0.05) is 0 Å². The van der Waals surface area contributed by atoms with Crippen molar-refractivity contribution in [2.45, 2.75) is 31.9 Å². The molecular formula is C12H18N2O4S. The molecule has 0 aliphatic carbocycles. The van der Waals surface area contributed by atoms with Crippen LogP contribution in [0.1, 0.15) is 19.8 Å². The lowest BCUT2D eigenvalue weighted by atomic mass is 9.83. The molecule has 0 aromatic heterocycles. The Morgan fingerprint density at radius 2 is 2.32 bits per heavy atom. The Balaban J connectivity index is 2.14. The number of nitrogens with zero attached hydrogens (tertiary/aromatic N) is 1. The number of thioether (sulfide) groups is 1. The molecule has 1 fully saturated rings. The molecule has 19 heavy (non-hydrogen) atoms. The summed E-state index contributed by atoms with van der Waals surface area (Å²) >= 11 is 1.45. The summed E-state index contributed by atoms with van der Waals surface area (Å²) in [4.78, 5) is 25.3. The minimum Gasteiger partial charge on any atom is -0.477 e. The van der Waals surface area contributed by atoms with Gasteiger partial charge in [0.2, 0.25) is 5.91 Å². The number of amides is 1. The highest BCUT2D eigenvalue weighted by atomic mass is 32.2. The van der Waals surface area contributed by atoms with E-state index in [1.165, 1.54) is 16.7 Å². The van der Waals surface area contributed by atoms with Crippen molar-refractivity contribution in [2.75, 3.05) is 12.3 Å². The van der Waals surface area contributed by atoms with Gasteiger partial charge in [0.15, 0.2) is 0 Å². The average molecular weight is 286 g/mol. The van der Waals surface area contributed by atoms with E-state index in [9.17, 15) is 19.8 Å². The van der Waals surface area contributed by atoms with Crippen molar-refractivity contribution < 1.29 is 19.8 Å². The first kappa shape index (κ1) is 14.4. The van der Waals surface area contributed by atoms with Crippen LogP contribution in [0.25, 0.3) is 0 Å². The lowest BCUT2D eigenvalue weighted by molar-refractivity contribution is -0.161. The molecule has 106 valence electrons. The zero-order chi connectivity index (χ0) is 14.2. The smallest absolute Gasteiger partial charge is 0.353 e. The number of aliphatic hydroxyl groups is 1. The molecule has 0 spiro atoms. The molecule has 2 heterocycles. The molecule has 3 atom stereocenters. The highest BCUT2D eigenvalue weighted by Gasteiger charge is 2.56. The first-order valence-electron chi connectivity index (χ1n) is 6.29. The van der Waals surface area contributed by atoms with Crippen LogP contribution in [-0.2, 0) is 9.59 Å². The first-order chi connectivity index (χ1) is 8.99. The van der Waals surface area contributed by atoms with Gasteiger partial charge in [0.05, 0.1) is 18.1 Å². The van der Waals surface area contributed by atoms with E-state index in [-0.39, 0.29) is 17.6 Å². The quantitative estimate of drug-likeness (QED) is 0.468. The molecular weight excluding hydrogens is 268 g/mol. The number of hydrogen-bond donors (Lipinski definition) is 3. The van der Waals surface area contributed by atoms with E-state index in [2.05, 4.69) is 0 Å². The van der Waals surface area contributed by atoms with Gasteiger partial charge in [-0.15, -0.1) is 11.8 Å². The number of carboxylic acids is 1. The van der Waals surface area contributed by atoms with Crippen LogP contribution in [-0.4, -0.2) is 51.4 Å². The van der Waals surface area contributed by atoms with Gasteiger partial charge in [-0.2, -0.15) is 0 Å². The molecule has 6 nitrogen and oxygen atoms in total. The zero-order valence-corrected chi connectivity index (χ0v) is 11.5. The summed E-state index contributed by atoms with van der Waals surface area (Å²) in [6, 6.07) is -0.195. The van der Waals surface area contributed by atoms with E-state index in [1.54, 1.807) is 6.92 Å². The maximum atomic E-state index is 11.9. The van der Waals surface area contributed by atoms with Crippen molar-refractivity contribution in [3.8, 4) is 0 Å². The Kier molecular flexibility index (Phi) is 4.17. The number of fused-ring (bicyclic) bond motifs is 1. The van der Waals surface area contributed by atoms with Gasteiger partial charge >= 0.3 is 5.97 Å². The van der Waals surface area contributed by atoms with Crippen molar-refractivity contribution >= 4 is 23.6 Å². The van der Waals surface area contributed by atoms with Crippen LogP contribution in [0, 0.1) is 5.92 Å². The highest BCUT2D eigenvalue weighted by molar-refractivity contribution is 8.03. The molecule has 2 aliphatic rings. The lowest BCUT2D eigenvalue weighted by Crippen LogP contribution is -2.61. The van der Waals surface area contributed by atoms with Crippen LogP contribution in [0.15, 0.2) is 10.6 Å². The van der Waals surface area contributed by atoms with E-state index >= 15 is 0 Å². The molecule has 2 aliphatic heterocycles. The fourth-order valence-corrected chi connectivity index (χ4v) is 3.81. The molecule has 0 bridgehead atoms. The third-order valence-electron chi connectivity index (χ3n) is 3.52. The largest absolute Gasteiger partial charge is 0.477 e. The summed E-state index contributed by atoms with van der Waals surface area (Å²) in [6.45, 7) is 2.13. The van der Waals surface area contributed by atoms with E-state index in [0.29, 0.717) is 13.0 Å². The number of carboxylic acid groups (broad SMARTS) is 1. The Morgan fingerprint density at radius 1 is 1.63 bits per heavy atom. The summed E-state index contributed by atoms with van der Waals surface area (Å²) in [5, 5.41) is 18.8. The fraction of sp³-hybridized carbons (Fsp3) is 0.667. The molecule has 2 rings (SSSR count). The maximum absolute atomic E-state index is 11.9. The maximum Gasteiger partial charge on any atom is 0.353 e. The molecule has 0 aromatic rings. The number of aliphatic hydroxyl groups excluding tert-OH is 1. The van der Waals surface area contributed by atoms with Gasteiger partial charge in [-0.3, -0.25) is 4.79 Å². The second-order valence-electron chi connectivity index (χ2n) is 4.81. The van der Waals surface area contributed by atoms with Crippen molar-refractivity contribution in [2.24, 2.45) is 11.7 Å². The van der Waals surface area contributed by atoms with Gasteiger partial charge in [0.25, 0.3) is 0 Å². The monoisotopic (exact) mass is 286 g/mol. The number of nitrogens with two attached hydrogens (primary N) is 1. The molecule has 0 radical (unpaired) electrons. The summed E-state index contributed by atoms with van der Waals surface area (Å²) in [6.07, 6.45) is 0.592. The predicted molar refractivity (Wildman–Crippen MR) is 71.2 cm³/mol. The minimum atomic E-state index is -1.07. The van der Waals surface area contributed by atoms with E-state index in [1.807, 2.05) is 0 Å². The predicted octanol–water partition coefficient (Wildman–Crippen LogP) is -0.0239. The highest BCUT2D eigenvalue weighted by Crippen LogP contribution is 2.46. The Hall–Kier alpha value is -1.05. The van der Waals surface area contributed by atoms with E-state index < -0.39 is 18.0 Å². The molecule has 0 saturated carbocycles. The van der Waals surface area contributed by atoms with Crippen LogP contribution in [0.4, 0.5) is 0 Å². The van der Waals surface area contributed by atoms with Gasteiger partial charge < -0.3 is 20.8 Å². The summed E-state index contributed by atoms with van der Waals surface area (Å²) < 4.78 is 0. The van der Waals surface area contributed by atoms with Gasteiger partial charge in [-0.25, -0.2) is 4.79 Å². The Morgan fingerprint density at radius 3 is 2.84 bits per heavy atom. The third kappa shape index (κ3) is 2.37. The van der Waals surface area contributed by atoms with Gasteiger partial charge in [0.1, 0.15) is 5.70 Å². The molecule has 1 amide bonds. The summed E-state index contributed by atoms with van der Waals surface area (Å²) in [5.41, 5.74) is 5.51. The lowest BCUT2D eigenvalue weighted by Gasteiger charge is -2.44. The van der Waals surface area contributed by atoms with Gasteiger partial charge in [0, 0.05) is 11.3 Å². The number of aliphatic carboxylic acids is 1. The molecule has 4 N–H and O–H groups in total. The Bertz CT molecular complexity index is 435. The van der Waals surface area contributed by atoms with Crippen molar-refractivity contribution in [3.63, 3.8) is 0 Å². The van der Waals surface area contributed by atoms with Crippen molar-refractivity contribution in [3.05, 3.63) is 10.6 Å². The Labute approximate surface area is 115 Å². The van der Waals surface area contributed by atoms with Crippen LogP contribution >= 0.6 is 11.8 Å².